The summed E-state index contributed by atoms with van der Waals surface area (Å²) in [6.07, 6.45) is 0.747. The lowest BCUT2D eigenvalue weighted by Crippen LogP contribution is -2.44. The predicted octanol–water partition coefficient (Wildman–Crippen LogP) is -1.03. The van der Waals surface area contributed by atoms with E-state index in [1.807, 2.05) is 0 Å². The number of hydrogen-bond donors (Lipinski definition) is 2. The summed E-state index contributed by atoms with van der Waals surface area (Å²) in [5, 5.41) is 21.4. The third-order valence-electron chi connectivity index (χ3n) is 2.12. The molecule has 0 bridgehead atoms. The second kappa shape index (κ2) is 6.77. The van der Waals surface area contributed by atoms with Crippen molar-refractivity contribution in [1.29, 1.82) is 0 Å². The summed E-state index contributed by atoms with van der Waals surface area (Å²) >= 11 is 0. The third kappa shape index (κ3) is 6.45. The number of nitrogens with zero attached hydrogens (tertiary/aromatic N) is 4. The molecule has 0 spiro atoms. The molecule has 1 heterocycles. The fraction of sp³-hybridized carbons (Fsp3) is 0.636. The third-order valence-corrected chi connectivity index (χ3v) is 2.12. The van der Waals surface area contributed by atoms with Gasteiger partial charge in [-0.2, -0.15) is 0 Å². The predicted molar refractivity (Wildman–Crippen MR) is 67.8 cm³/mol. The Morgan fingerprint density at radius 2 is 2.05 bits per heavy atom. The minimum Gasteiger partial charge on any atom is -0.480 e. The number of carboxylic acid groups (broad SMARTS) is 1. The summed E-state index contributed by atoms with van der Waals surface area (Å²) in [5.41, 5.74) is -0.726. The van der Waals surface area contributed by atoms with Crippen LogP contribution in [0.1, 0.15) is 27.2 Å². The standard InChI is InChI=1S/C11H17N5O5/c1-11(2,3)21-9(18)4-7(10(19)20)13-8(17)5-16-6-12-14-15-16/h6-7H,4-5H2,1-3H3,(H,13,17)(H,19,20)/t7-/m0/s1. The normalized spacial score (nSPS) is 12.5. The van der Waals surface area contributed by atoms with E-state index in [0.29, 0.717) is 0 Å². The molecule has 1 aromatic heterocycles. The van der Waals surface area contributed by atoms with Gasteiger partial charge in [-0.1, -0.05) is 0 Å². The summed E-state index contributed by atoms with van der Waals surface area (Å²) in [6.45, 7) is 4.75. The number of carbonyl (C=O) groups excluding carboxylic acids is 2. The Hall–Kier alpha value is -2.52. The van der Waals surface area contributed by atoms with Gasteiger partial charge < -0.3 is 15.2 Å². The number of carbonyl (C=O) groups is 3. The van der Waals surface area contributed by atoms with Crippen LogP contribution in [0.3, 0.4) is 0 Å². The quantitative estimate of drug-likeness (QED) is 0.636. The minimum atomic E-state index is -1.37. The molecular weight excluding hydrogens is 282 g/mol. The zero-order valence-electron chi connectivity index (χ0n) is 11.9. The first kappa shape index (κ1) is 16.5. The molecular formula is C11H17N5O5. The van der Waals surface area contributed by atoms with Gasteiger partial charge in [0.2, 0.25) is 5.91 Å². The maximum atomic E-state index is 11.6. The second-order valence-electron chi connectivity index (χ2n) is 5.26. The Bertz CT molecular complexity index is 508. The van der Waals surface area contributed by atoms with Crippen LogP contribution in [-0.4, -0.2) is 54.8 Å². The first-order valence-electron chi connectivity index (χ1n) is 6.12. The highest BCUT2D eigenvalue weighted by Gasteiger charge is 2.26. The van der Waals surface area contributed by atoms with Gasteiger partial charge in [-0.25, -0.2) is 9.48 Å². The van der Waals surface area contributed by atoms with Crippen LogP contribution in [0.25, 0.3) is 0 Å². The SMILES string of the molecule is CC(C)(C)OC(=O)C[C@H](NC(=O)Cn1cnnn1)C(=O)O. The Kier molecular flexibility index (Phi) is 5.33. The molecule has 10 heteroatoms. The number of ether oxygens (including phenoxy) is 1. The topological polar surface area (TPSA) is 136 Å². The van der Waals surface area contributed by atoms with E-state index in [2.05, 4.69) is 20.8 Å². The molecule has 0 saturated heterocycles. The van der Waals surface area contributed by atoms with Crippen molar-refractivity contribution in [1.82, 2.24) is 25.5 Å². The summed E-state index contributed by atoms with van der Waals surface area (Å²) in [6, 6.07) is -1.37. The Morgan fingerprint density at radius 3 is 2.52 bits per heavy atom. The van der Waals surface area contributed by atoms with Crippen molar-refractivity contribution in [2.75, 3.05) is 0 Å². The van der Waals surface area contributed by atoms with E-state index in [9.17, 15) is 14.4 Å². The van der Waals surface area contributed by atoms with Crippen molar-refractivity contribution >= 4 is 17.8 Å². The molecule has 0 aliphatic heterocycles. The van der Waals surface area contributed by atoms with E-state index in [1.54, 1.807) is 20.8 Å². The Balaban J connectivity index is 2.55. The molecule has 0 unspecified atom stereocenters. The molecule has 0 aliphatic carbocycles. The van der Waals surface area contributed by atoms with Crippen molar-refractivity contribution in [3.63, 3.8) is 0 Å². The number of carboxylic acids is 1. The first-order chi connectivity index (χ1) is 9.67. The number of aliphatic carboxylic acids is 1. The van der Waals surface area contributed by atoms with Gasteiger partial charge in [0.05, 0.1) is 6.42 Å². The maximum absolute atomic E-state index is 11.6. The lowest BCUT2D eigenvalue weighted by molar-refractivity contribution is -0.158. The van der Waals surface area contributed by atoms with Gasteiger partial charge in [0.1, 0.15) is 24.5 Å². The van der Waals surface area contributed by atoms with Crippen molar-refractivity contribution in [2.45, 2.75) is 45.4 Å². The van der Waals surface area contributed by atoms with Gasteiger partial charge in [-0.15, -0.1) is 5.10 Å². The van der Waals surface area contributed by atoms with Crippen LogP contribution in [0.4, 0.5) is 0 Å². The minimum absolute atomic E-state index is 0.245. The van der Waals surface area contributed by atoms with Gasteiger partial charge in [-0.05, 0) is 31.2 Å². The molecule has 2 N–H and O–H groups in total. The van der Waals surface area contributed by atoms with Crippen LogP contribution in [0.2, 0.25) is 0 Å². The van der Waals surface area contributed by atoms with Gasteiger partial charge in [0.25, 0.3) is 0 Å². The van der Waals surface area contributed by atoms with E-state index in [4.69, 9.17) is 9.84 Å². The Morgan fingerprint density at radius 1 is 1.38 bits per heavy atom. The highest BCUT2D eigenvalue weighted by atomic mass is 16.6. The average Bonchev–Trinajstić information content (AvgIpc) is 2.77. The van der Waals surface area contributed by atoms with Gasteiger partial charge >= 0.3 is 11.9 Å². The van der Waals surface area contributed by atoms with Crippen molar-refractivity contribution < 1.29 is 24.2 Å². The fourth-order valence-electron chi connectivity index (χ4n) is 1.39. The van der Waals surface area contributed by atoms with Crippen molar-refractivity contribution in [3.05, 3.63) is 6.33 Å². The average molecular weight is 299 g/mol. The summed E-state index contributed by atoms with van der Waals surface area (Å²) in [5.74, 6) is -2.66. The second-order valence-corrected chi connectivity index (χ2v) is 5.26. The largest absolute Gasteiger partial charge is 0.480 e. The van der Waals surface area contributed by atoms with E-state index in [1.165, 1.54) is 6.33 Å². The van der Waals surface area contributed by atoms with Gasteiger partial charge in [0.15, 0.2) is 0 Å². The molecule has 1 rings (SSSR count). The molecule has 10 nitrogen and oxygen atoms in total. The fourth-order valence-corrected chi connectivity index (χ4v) is 1.39. The van der Waals surface area contributed by atoms with E-state index < -0.39 is 35.9 Å². The maximum Gasteiger partial charge on any atom is 0.326 e. The number of rotatable bonds is 6. The van der Waals surface area contributed by atoms with E-state index >= 15 is 0 Å². The van der Waals surface area contributed by atoms with Crippen molar-refractivity contribution in [3.8, 4) is 0 Å². The van der Waals surface area contributed by atoms with Gasteiger partial charge in [0, 0.05) is 0 Å². The van der Waals surface area contributed by atoms with E-state index in [-0.39, 0.29) is 6.54 Å². The highest BCUT2D eigenvalue weighted by Crippen LogP contribution is 2.09. The molecule has 1 atom stereocenters. The number of amides is 1. The molecule has 1 aromatic rings. The smallest absolute Gasteiger partial charge is 0.326 e. The molecule has 1 amide bonds. The zero-order valence-corrected chi connectivity index (χ0v) is 11.9. The zero-order chi connectivity index (χ0) is 16.0. The van der Waals surface area contributed by atoms with E-state index in [0.717, 1.165) is 4.68 Å². The van der Waals surface area contributed by atoms with Crippen LogP contribution in [0.5, 0.6) is 0 Å². The lowest BCUT2D eigenvalue weighted by atomic mass is 10.1. The molecule has 0 saturated carbocycles. The molecule has 0 fully saturated rings. The van der Waals surface area contributed by atoms with Crippen LogP contribution in [0.15, 0.2) is 6.33 Å². The highest BCUT2D eigenvalue weighted by molar-refractivity contribution is 5.87. The number of nitrogens with one attached hydrogen (secondary N) is 1. The summed E-state index contributed by atoms with van der Waals surface area (Å²) < 4.78 is 6.14. The lowest BCUT2D eigenvalue weighted by Gasteiger charge is -2.21. The monoisotopic (exact) mass is 299 g/mol. The van der Waals surface area contributed by atoms with Crippen molar-refractivity contribution in [2.24, 2.45) is 0 Å². The van der Waals surface area contributed by atoms with Crippen LogP contribution < -0.4 is 5.32 Å². The van der Waals surface area contributed by atoms with Crippen LogP contribution >= 0.6 is 0 Å². The van der Waals surface area contributed by atoms with Gasteiger partial charge in [-0.3, -0.25) is 9.59 Å². The van der Waals surface area contributed by atoms with Crippen LogP contribution in [-0.2, 0) is 25.7 Å². The first-order valence-corrected chi connectivity index (χ1v) is 6.12. The molecule has 0 aliphatic rings. The molecule has 0 aromatic carbocycles. The molecule has 116 valence electrons. The number of esters is 1. The summed E-state index contributed by atoms with van der Waals surface area (Å²) in [4.78, 5) is 34.3. The number of hydrogen-bond acceptors (Lipinski definition) is 7. The molecule has 0 radical (unpaired) electrons. The number of tetrazole rings is 1. The van der Waals surface area contributed by atoms with Crippen LogP contribution in [0, 0.1) is 0 Å². The summed E-state index contributed by atoms with van der Waals surface area (Å²) in [7, 11) is 0. The Labute approximate surface area is 120 Å². The molecule has 21 heavy (non-hydrogen) atoms. The number of aromatic nitrogens is 4.